The van der Waals surface area contributed by atoms with Gasteiger partial charge < -0.3 is 10.5 Å². The van der Waals surface area contributed by atoms with Crippen LogP contribution in [-0.4, -0.2) is 9.97 Å². The van der Waals surface area contributed by atoms with Gasteiger partial charge in [0.15, 0.2) is 17.3 Å². The molecule has 4 nitrogen and oxygen atoms in total. The molecule has 2 N–H and O–H groups in total. The molecule has 22 heavy (non-hydrogen) atoms. The monoisotopic (exact) mass is 323 g/mol. The standard InChI is InChI=1S/C12H7F6N3O/c1-4-9(12(16,17)18)20-11(19)21-10(4)22-8-6(14)2-5(13)3-7(8)15/h2-3H,1H3,(H2,19,20,21). The molecule has 0 amide bonds. The third-order valence-electron chi connectivity index (χ3n) is 2.55. The van der Waals surface area contributed by atoms with Crippen LogP contribution in [-0.2, 0) is 6.18 Å². The van der Waals surface area contributed by atoms with Gasteiger partial charge in [-0.05, 0) is 6.92 Å². The van der Waals surface area contributed by atoms with Gasteiger partial charge in [-0.2, -0.15) is 18.2 Å². The molecular weight excluding hydrogens is 316 g/mol. The zero-order valence-electron chi connectivity index (χ0n) is 10.8. The molecular formula is C12H7F6N3O. The Hall–Kier alpha value is -2.52. The van der Waals surface area contributed by atoms with Crippen molar-refractivity contribution in [3.05, 3.63) is 40.8 Å². The van der Waals surface area contributed by atoms with Gasteiger partial charge in [-0.3, -0.25) is 0 Å². The molecule has 2 aromatic rings. The number of anilines is 1. The number of hydrogen-bond acceptors (Lipinski definition) is 4. The van der Waals surface area contributed by atoms with Crippen LogP contribution in [0.25, 0.3) is 0 Å². The van der Waals surface area contributed by atoms with E-state index in [1.807, 2.05) is 0 Å². The second-order valence-electron chi connectivity index (χ2n) is 4.16. The van der Waals surface area contributed by atoms with Crippen molar-refractivity contribution < 1.29 is 31.1 Å². The highest BCUT2D eigenvalue weighted by atomic mass is 19.4. The van der Waals surface area contributed by atoms with Crippen LogP contribution in [0, 0.1) is 24.4 Å². The summed E-state index contributed by atoms with van der Waals surface area (Å²) in [7, 11) is 0. The van der Waals surface area contributed by atoms with E-state index in [1.165, 1.54) is 0 Å². The topological polar surface area (TPSA) is 61.0 Å². The molecule has 0 bridgehead atoms. The number of hydrogen-bond donors (Lipinski definition) is 1. The average molecular weight is 323 g/mol. The minimum atomic E-state index is -4.86. The van der Waals surface area contributed by atoms with Crippen molar-refractivity contribution in [3.8, 4) is 11.6 Å². The number of aromatic nitrogens is 2. The molecule has 0 atom stereocenters. The summed E-state index contributed by atoms with van der Waals surface area (Å²) >= 11 is 0. The van der Waals surface area contributed by atoms with E-state index in [2.05, 4.69) is 9.97 Å². The van der Waals surface area contributed by atoms with Gasteiger partial charge in [-0.1, -0.05) is 0 Å². The average Bonchev–Trinajstić information content (AvgIpc) is 2.35. The van der Waals surface area contributed by atoms with E-state index >= 15 is 0 Å². The number of rotatable bonds is 2. The van der Waals surface area contributed by atoms with Gasteiger partial charge in [0.1, 0.15) is 5.82 Å². The van der Waals surface area contributed by atoms with Crippen LogP contribution in [0.4, 0.5) is 32.3 Å². The minimum absolute atomic E-state index is 0.308. The van der Waals surface area contributed by atoms with Crippen LogP contribution in [0.2, 0.25) is 0 Å². The Morgan fingerprint density at radius 3 is 2.09 bits per heavy atom. The molecule has 0 unspecified atom stereocenters. The summed E-state index contributed by atoms with van der Waals surface area (Å²) in [5.74, 6) is -6.78. The van der Waals surface area contributed by atoms with Gasteiger partial charge in [0, 0.05) is 17.7 Å². The van der Waals surface area contributed by atoms with Crippen molar-refractivity contribution in [1.29, 1.82) is 0 Å². The molecule has 10 heteroatoms. The van der Waals surface area contributed by atoms with E-state index in [0.717, 1.165) is 6.92 Å². The Morgan fingerprint density at radius 1 is 1.05 bits per heavy atom. The Morgan fingerprint density at radius 2 is 1.59 bits per heavy atom. The SMILES string of the molecule is Cc1c(Oc2c(F)cc(F)cc2F)nc(N)nc1C(F)(F)F. The lowest BCUT2D eigenvalue weighted by Crippen LogP contribution is -2.14. The van der Waals surface area contributed by atoms with Crippen LogP contribution < -0.4 is 10.5 Å². The zero-order valence-corrected chi connectivity index (χ0v) is 10.8. The predicted octanol–water partition coefficient (Wildman–Crippen LogP) is 3.60. The van der Waals surface area contributed by atoms with Gasteiger partial charge in [0.25, 0.3) is 0 Å². The van der Waals surface area contributed by atoms with Crippen molar-refractivity contribution in [3.63, 3.8) is 0 Å². The largest absolute Gasteiger partial charge is 0.433 e. The molecule has 0 saturated carbocycles. The van der Waals surface area contributed by atoms with Crippen LogP contribution in [0.5, 0.6) is 11.6 Å². The number of nitrogen functional groups attached to an aromatic ring is 1. The molecule has 0 saturated heterocycles. The Balaban J connectivity index is 2.54. The molecule has 118 valence electrons. The van der Waals surface area contributed by atoms with Crippen LogP contribution in [0.15, 0.2) is 12.1 Å². The molecule has 0 fully saturated rings. The molecule has 0 radical (unpaired) electrons. The summed E-state index contributed by atoms with van der Waals surface area (Å²) in [6, 6.07) is 0.617. The van der Waals surface area contributed by atoms with Gasteiger partial charge in [0.05, 0.1) is 0 Å². The smallest absolute Gasteiger partial charge is 0.432 e. The summed E-state index contributed by atoms with van der Waals surface area (Å²) in [5, 5.41) is 0. The third-order valence-corrected chi connectivity index (χ3v) is 2.55. The summed E-state index contributed by atoms with van der Waals surface area (Å²) < 4.78 is 82.7. The zero-order chi connectivity index (χ0) is 16.7. The van der Waals surface area contributed by atoms with Crippen molar-refractivity contribution in [2.75, 3.05) is 5.73 Å². The van der Waals surface area contributed by atoms with Gasteiger partial charge in [0.2, 0.25) is 17.6 Å². The normalized spacial score (nSPS) is 11.6. The molecule has 0 spiro atoms. The molecule has 1 aromatic carbocycles. The number of nitrogens with two attached hydrogens (primary N) is 1. The van der Waals surface area contributed by atoms with E-state index in [1.54, 1.807) is 0 Å². The van der Waals surface area contributed by atoms with Crippen molar-refractivity contribution in [2.45, 2.75) is 13.1 Å². The fourth-order valence-electron chi connectivity index (χ4n) is 1.61. The maximum absolute atomic E-state index is 13.5. The number of nitrogens with zero attached hydrogens (tertiary/aromatic N) is 2. The molecule has 0 aliphatic rings. The highest BCUT2D eigenvalue weighted by Crippen LogP contribution is 2.36. The number of alkyl halides is 3. The van der Waals surface area contributed by atoms with Crippen LogP contribution in [0.3, 0.4) is 0 Å². The Bertz CT molecular complexity index is 709. The summed E-state index contributed by atoms with van der Waals surface area (Å²) in [4.78, 5) is 6.38. The molecule has 0 aliphatic heterocycles. The fraction of sp³-hybridized carbons (Fsp3) is 0.167. The quantitative estimate of drug-likeness (QED) is 0.858. The first kappa shape index (κ1) is 15.9. The first-order valence-corrected chi connectivity index (χ1v) is 5.63. The molecule has 1 heterocycles. The predicted molar refractivity (Wildman–Crippen MR) is 62.6 cm³/mol. The first-order chi connectivity index (χ1) is 10.1. The highest BCUT2D eigenvalue weighted by molar-refractivity contribution is 5.40. The highest BCUT2D eigenvalue weighted by Gasteiger charge is 2.37. The van der Waals surface area contributed by atoms with Crippen molar-refractivity contribution >= 4 is 5.95 Å². The van der Waals surface area contributed by atoms with E-state index < -0.39 is 52.5 Å². The van der Waals surface area contributed by atoms with Crippen molar-refractivity contribution in [2.24, 2.45) is 0 Å². The lowest BCUT2D eigenvalue weighted by atomic mass is 10.2. The van der Waals surface area contributed by atoms with Crippen molar-refractivity contribution in [1.82, 2.24) is 9.97 Å². The van der Waals surface area contributed by atoms with Crippen LogP contribution in [0.1, 0.15) is 11.3 Å². The summed E-state index contributed by atoms with van der Waals surface area (Å²) in [6.45, 7) is 0.941. The summed E-state index contributed by atoms with van der Waals surface area (Å²) in [5.41, 5.74) is 3.10. The van der Waals surface area contributed by atoms with E-state index in [9.17, 15) is 26.3 Å². The van der Waals surface area contributed by atoms with E-state index in [0.29, 0.717) is 12.1 Å². The minimum Gasteiger partial charge on any atom is -0.432 e. The second kappa shape index (κ2) is 5.35. The van der Waals surface area contributed by atoms with E-state index in [-0.39, 0.29) is 0 Å². The fourth-order valence-corrected chi connectivity index (χ4v) is 1.61. The number of benzene rings is 1. The Labute approximate surface area is 119 Å². The van der Waals surface area contributed by atoms with Gasteiger partial charge in [-0.15, -0.1) is 0 Å². The lowest BCUT2D eigenvalue weighted by molar-refractivity contribution is -0.141. The Kier molecular flexibility index (Phi) is 3.86. The first-order valence-electron chi connectivity index (χ1n) is 5.63. The second-order valence-corrected chi connectivity index (χ2v) is 4.16. The number of ether oxygens (including phenoxy) is 1. The maximum atomic E-state index is 13.5. The lowest BCUT2D eigenvalue weighted by Gasteiger charge is -2.14. The summed E-state index contributed by atoms with van der Waals surface area (Å²) in [6.07, 6.45) is -4.86. The number of halogens is 6. The van der Waals surface area contributed by atoms with Gasteiger partial charge >= 0.3 is 6.18 Å². The van der Waals surface area contributed by atoms with E-state index in [4.69, 9.17) is 10.5 Å². The third kappa shape index (κ3) is 3.05. The van der Waals surface area contributed by atoms with Gasteiger partial charge in [-0.25, -0.2) is 18.2 Å². The molecule has 1 aromatic heterocycles. The maximum Gasteiger partial charge on any atom is 0.433 e. The van der Waals surface area contributed by atoms with Crippen LogP contribution >= 0.6 is 0 Å². The molecule has 0 aliphatic carbocycles. The molecule has 2 rings (SSSR count).